The van der Waals surface area contributed by atoms with E-state index in [0.29, 0.717) is 16.7 Å². The monoisotopic (exact) mass is 467 g/mol. The van der Waals surface area contributed by atoms with Crippen molar-refractivity contribution in [2.75, 3.05) is 11.8 Å². The smallest absolute Gasteiger partial charge is 0.273 e. The maximum absolute atomic E-state index is 12.8. The second kappa shape index (κ2) is 8.36. The Hall–Kier alpha value is -4.25. The third kappa shape index (κ3) is 4.13. The van der Waals surface area contributed by atoms with Gasteiger partial charge in [0.05, 0.1) is 46.4 Å². The number of methoxy groups -OCH3 is 1. The molecule has 0 bridgehead atoms. The van der Waals surface area contributed by atoms with Gasteiger partial charge >= 0.3 is 0 Å². The number of ether oxygens (including phenoxy) is 1. The normalized spacial score (nSPS) is 13.1. The Morgan fingerprint density at radius 1 is 0.970 bits per heavy atom. The summed E-state index contributed by atoms with van der Waals surface area (Å²) in [5, 5.41) is 10.9. The van der Waals surface area contributed by atoms with E-state index in [1.165, 1.54) is 37.4 Å². The molecule has 4 rings (SSSR count). The molecule has 0 aliphatic carbocycles. The molecule has 0 unspecified atom stereocenters. The molecule has 33 heavy (non-hydrogen) atoms. The van der Waals surface area contributed by atoms with E-state index in [1.807, 2.05) is 0 Å². The van der Waals surface area contributed by atoms with E-state index in [4.69, 9.17) is 4.74 Å². The van der Waals surface area contributed by atoms with Crippen molar-refractivity contribution in [1.82, 2.24) is 4.90 Å². The standard InChI is InChI=1S/C22H17N3O7S/c1-32-20-12-15(25(28)29)8-11-19(20)23-33(30,31)16-9-6-14(7-10-16)13-24-21(26)17-4-2-3-5-18(17)22(24)27/h2-12,23H,13H2,1H3. The van der Waals surface area contributed by atoms with E-state index >= 15 is 0 Å². The topological polar surface area (TPSA) is 136 Å². The zero-order chi connectivity index (χ0) is 23.8. The number of amides is 2. The van der Waals surface area contributed by atoms with Crippen LogP contribution in [0.2, 0.25) is 0 Å². The Morgan fingerprint density at radius 3 is 2.12 bits per heavy atom. The molecule has 3 aromatic carbocycles. The van der Waals surface area contributed by atoms with E-state index in [1.54, 1.807) is 24.3 Å². The van der Waals surface area contributed by atoms with Crippen LogP contribution in [0.1, 0.15) is 26.3 Å². The molecule has 3 aromatic rings. The zero-order valence-corrected chi connectivity index (χ0v) is 18.0. The predicted molar refractivity (Wildman–Crippen MR) is 118 cm³/mol. The summed E-state index contributed by atoms with van der Waals surface area (Å²) in [7, 11) is -2.77. The van der Waals surface area contributed by atoms with Crippen molar-refractivity contribution in [2.24, 2.45) is 0 Å². The van der Waals surface area contributed by atoms with E-state index in [-0.39, 0.29) is 28.6 Å². The number of rotatable bonds is 7. The van der Waals surface area contributed by atoms with Crippen molar-refractivity contribution in [3.05, 3.63) is 93.5 Å². The molecule has 168 valence electrons. The van der Waals surface area contributed by atoms with Crippen molar-refractivity contribution in [1.29, 1.82) is 0 Å². The second-order valence-electron chi connectivity index (χ2n) is 7.13. The molecule has 10 nitrogen and oxygen atoms in total. The van der Waals surface area contributed by atoms with Crippen LogP contribution in [-0.4, -0.2) is 37.2 Å². The van der Waals surface area contributed by atoms with Crippen LogP contribution in [0.5, 0.6) is 5.75 Å². The number of nitrogens with zero attached hydrogens (tertiary/aromatic N) is 2. The van der Waals surface area contributed by atoms with Crippen LogP contribution in [0.4, 0.5) is 11.4 Å². The number of nitro benzene ring substituents is 1. The van der Waals surface area contributed by atoms with E-state index in [9.17, 15) is 28.1 Å². The molecule has 1 N–H and O–H groups in total. The maximum Gasteiger partial charge on any atom is 0.273 e. The number of nitrogens with one attached hydrogen (secondary N) is 1. The molecule has 1 aliphatic rings. The molecule has 1 aliphatic heterocycles. The summed E-state index contributed by atoms with van der Waals surface area (Å²) in [6.45, 7) is -0.00369. The molecule has 0 fully saturated rings. The fourth-order valence-corrected chi connectivity index (χ4v) is 4.49. The highest BCUT2D eigenvalue weighted by Gasteiger charge is 2.35. The largest absolute Gasteiger partial charge is 0.494 e. The third-order valence-corrected chi connectivity index (χ3v) is 6.47. The molecule has 2 amide bonds. The summed E-state index contributed by atoms with van der Waals surface area (Å²) in [5.41, 5.74) is 1.03. The molecule has 1 heterocycles. The van der Waals surface area contributed by atoms with Crippen LogP contribution >= 0.6 is 0 Å². The van der Waals surface area contributed by atoms with E-state index in [0.717, 1.165) is 17.0 Å². The highest BCUT2D eigenvalue weighted by atomic mass is 32.2. The Kier molecular flexibility index (Phi) is 5.56. The predicted octanol–water partition coefficient (Wildman–Crippen LogP) is 3.20. The first-order chi connectivity index (χ1) is 15.7. The van der Waals surface area contributed by atoms with Gasteiger partial charge in [-0.3, -0.25) is 29.3 Å². The van der Waals surface area contributed by atoms with E-state index < -0.39 is 26.8 Å². The fourth-order valence-electron chi connectivity index (χ4n) is 3.42. The van der Waals surface area contributed by atoms with Crippen molar-refractivity contribution < 1.29 is 27.7 Å². The SMILES string of the molecule is COc1cc([N+](=O)[O-])ccc1NS(=O)(=O)c1ccc(CN2C(=O)c3ccccc3C2=O)cc1. The van der Waals surface area contributed by atoms with Crippen molar-refractivity contribution in [2.45, 2.75) is 11.4 Å². The Bertz CT molecular complexity index is 1350. The Morgan fingerprint density at radius 2 is 1.58 bits per heavy atom. The first kappa shape index (κ1) is 22.0. The van der Waals surface area contributed by atoms with Gasteiger partial charge in [0.1, 0.15) is 5.75 Å². The van der Waals surface area contributed by atoms with Crippen LogP contribution in [0.15, 0.2) is 71.6 Å². The van der Waals surface area contributed by atoms with Gasteiger partial charge in [-0.15, -0.1) is 0 Å². The van der Waals surface area contributed by atoms with E-state index in [2.05, 4.69) is 4.72 Å². The van der Waals surface area contributed by atoms with Gasteiger partial charge in [-0.05, 0) is 35.9 Å². The van der Waals surface area contributed by atoms with Crippen LogP contribution in [0.3, 0.4) is 0 Å². The zero-order valence-electron chi connectivity index (χ0n) is 17.2. The minimum Gasteiger partial charge on any atom is -0.494 e. The summed E-state index contributed by atoms with van der Waals surface area (Å²) >= 11 is 0. The minimum absolute atomic E-state index is 0.00369. The first-order valence-corrected chi connectivity index (χ1v) is 11.1. The molecule has 0 saturated carbocycles. The number of nitro groups is 1. The van der Waals surface area contributed by atoms with Gasteiger partial charge in [0, 0.05) is 6.07 Å². The Labute approximate surface area is 188 Å². The Balaban J connectivity index is 1.52. The second-order valence-corrected chi connectivity index (χ2v) is 8.82. The number of carbonyl (C=O) groups is 2. The molecular formula is C22H17N3O7S. The van der Waals surface area contributed by atoms with Gasteiger partial charge in [0.2, 0.25) is 0 Å². The van der Waals surface area contributed by atoms with Gasteiger partial charge in [0.25, 0.3) is 27.5 Å². The van der Waals surface area contributed by atoms with Crippen LogP contribution in [-0.2, 0) is 16.6 Å². The molecule has 0 spiro atoms. The average molecular weight is 467 g/mol. The molecular weight excluding hydrogens is 450 g/mol. The molecule has 11 heteroatoms. The number of imide groups is 1. The number of fused-ring (bicyclic) bond motifs is 1. The van der Waals surface area contributed by atoms with Gasteiger partial charge < -0.3 is 4.74 Å². The summed E-state index contributed by atoms with van der Waals surface area (Å²) in [5.74, 6) is -0.812. The van der Waals surface area contributed by atoms with Gasteiger partial charge in [-0.2, -0.15) is 0 Å². The number of hydrogen-bond donors (Lipinski definition) is 1. The number of anilines is 1. The lowest BCUT2D eigenvalue weighted by Gasteiger charge is -2.15. The van der Waals surface area contributed by atoms with Crippen LogP contribution in [0.25, 0.3) is 0 Å². The molecule has 0 saturated heterocycles. The maximum atomic E-state index is 12.8. The van der Waals surface area contributed by atoms with Crippen LogP contribution in [0, 0.1) is 10.1 Å². The fraction of sp³-hybridized carbons (Fsp3) is 0.0909. The summed E-state index contributed by atoms with van der Waals surface area (Å²) in [6.07, 6.45) is 0. The summed E-state index contributed by atoms with van der Waals surface area (Å²) < 4.78 is 33.0. The van der Waals surface area contributed by atoms with Crippen molar-refractivity contribution in [3.8, 4) is 5.75 Å². The lowest BCUT2D eigenvalue weighted by Crippen LogP contribution is -2.29. The summed E-state index contributed by atoms with van der Waals surface area (Å²) in [4.78, 5) is 36.4. The molecule has 0 aromatic heterocycles. The number of hydrogen-bond acceptors (Lipinski definition) is 7. The lowest BCUT2D eigenvalue weighted by atomic mass is 10.1. The first-order valence-electron chi connectivity index (χ1n) is 9.60. The quantitative estimate of drug-likeness (QED) is 0.320. The highest BCUT2D eigenvalue weighted by molar-refractivity contribution is 7.92. The minimum atomic E-state index is -4.04. The van der Waals surface area contributed by atoms with Gasteiger partial charge in [-0.1, -0.05) is 24.3 Å². The van der Waals surface area contributed by atoms with Crippen molar-refractivity contribution in [3.63, 3.8) is 0 Å². The van der Waals surface area contributed by atoms with Crippen molar-refractivity contribution >= 4 is 33.2 Å². The molecule has 0 atom stereocenters. The third-order valence-electron chi connectivity index (χ3n) is 5.09. The van der Waals surface area contributed by atoms with Gasteiger partial charge in [-0.25, -0.2) is 8.42 Å². The van der Waals surface area contributed by atoms with Crippen LogP contribution < -0.4 is 9.46 Å². The molecule has 0 radical (unpaired) electrons. The highest BCUT2D eigenvalue weighted by Crippen LogP contribution is 2.31. The average Bonchev–Trinajstić information content (AvgIpc) is 3.04. The lowest BCUT2D eigenvalue weighted by molar-refractivity contribution is -0.384. The van der Waals surface area contributed by atoms with Gasteiger partial charge in [0.15, 0.2) is 0 Å². The summed E-state index contributed by atoms with van der Waals surface area (Å²) in [6, 6.07) is 15.7. The number of benzene rings is 3. The number of sulfonamides is 1. The number of carbonyl (C=O) groups excluding carboxylic acids is 2. The number of non-ortho nitro benzene ring substituents is 1.